The molecule has 0 unspecified atom stereocenters. The van der Waals surface area contributed by atoms with Gasteiger partial charge in [-0.25, -0.2) is 4.98 Å². The number of benzene rings is 1. The van der Waals surface area contributed by atoms with Gasteiger partial charge in [-0.05, 0) is 80.4 Å². The van der Waals surface area contributed by atoms with Crippen molar-refractivity contribution in [3.8, 4) is 0 Å². The normalized spacial score (nSPS) is 16.9. The minimum atomic E-state index is 0.767. The molecule has 0 saturated carbocycles. The van der Waals surface area contributed by atoms with Crippen LogP contribution in [-0.2, 0) is 13.1 Å². The number of aromatic nitrogens is 2. The molecule has 1 aromatic carbocycles. The largest absolute Gasteiger partial charge is 0.330 e. The monoisotopic (exact) mass is 339 g/mol. The van der Waals surface area contributed by atoms with E-state index in [1.54, 1.807) is 0 Å². The van der Waals surface area contributed by atoms with Crippen molar-refractivity contribution >= 4 is 22.4 Å². The van der Waals surface area contributed by atoms with Gasteiger partial charge in [0.1, 0.15) is 0 Å². The molecule has 3 aromatic rings. The molecule has 3 heterocycles. The van der Waals surface area contributed by atoms with Crippen LogP contribution in [0, 0.1) is 19.8 Å². The lowest BCUT2D eigenvalue weighted by atomic mass is 9.96. The molecule has 4 rings (SSSR count). The van der Waals surface area contributed by atoms with Gasteiger partial charge in [0.05, 0.1) is 17.4 Å². The van der Waals surface area contributed by atoms with E-state index in [1.807, 2.05) is 17.7 Å². The maximum Gasteiger partial charge on any atom is 0.0958 e. The Balaban J connectivity index is 1.39. The van der Waals surface area contributed by atoms with Gasteiger partial charge in [0.15, 0.2) is 0 Å². The molecule has 24 heavy (non-hydrogen) atoms. The van der Waals surface area contributed by atoms with E-state index in [1.165, 1.54) is 47.5 Å². The van der Waals surface area contributed by atoms with Gasteiger partial charge in [0.25, 0.3) is 0 Å². The minimum Gasteiger partial charge on any atom is -0.330 e. The first kappa shape index (κ1) is 15.9. The third-order valence-electron chi connectivity index (χ3n) is 5.36. The lowest BCUT2D eigenvalue weighted by Crippen LogP contribution is -2.34. The lowest BCUT2D eigenvalue weighted by molar-refractivity contribution is 0.169. The maximum absolute atomic E-state index is 4.60. The molecular formula is C20H25N3S. The van der Waals surface area contributed by atoms with Crippen LogP contribution in [0.25, 0.3) is 11.0 Å². The molecule has 0 bridgehead atoms. The van der Waals surface area contributed by atoms with Crippen LogP contribution in [0.4, 0.5) is 0 Å². The third kappa shape index (κ3) is 3.26. The van der Waals surface area contributed by atoms with Gasteiger partial charge in [-0.15, -0.1) is 11.3 Å². The number of fused-ring (bicyclic) bond motifs is 1. The molecule has 0 amide bonds. The smallest absolute Gasteiger partial charge is 0.0958 e. The predicted molar refractivity (Wildman–Crippen MR) is 102 cm³/mol. The second kappa shape index (κ2) is 6.69. The highest BCUT2D eigenvalue weighted by Gasteiger charge is 2.20. The van der Waals surface area contributed by atoms with E-state index in [0.29, 0.717) is 0 Å². The summed E-state index contributed by atoms with van der Waals surface area (Å²) in [4.78, 5) is 8.69. The second-order valence-electron chi connectivity index (χ2n) is 7.12. The Morgan fingerprint density at radius 3 is 2.71 bits per heavy atom. The van der Waals surface area contributed by atoms with Crippen LogP contribution in [0.3, 0.4) is 0 Å². The summed E-state index contributed by atoms with van der Waals surface area (Å²) in [5.74, 6) is 0.767. The number of hydrogen-bond acceptors (Lipinski definition) is 3. The summed E-state index contributed by atoms with van der Waals surface area (Å²) in [6.07, 6.45) is 4.60. The highest BCUT2D eigenvalue weighted by molar-refractivity contribution is 7.09. The number of imidazole rings is 1. The van der Waals surface area contributed by atoms with E-state index in [0.717, 1.165) is 24.5 Å². The Hall–Kier alpha value is -1.65. The number of hydrogen-bond donors (Lipinski definition) is 0. The van der Waals surface area contributed by atoms with E-state index in [-0.39, 0.29) is 0 Å². The van der Waals surface area contributed by atoms with Gasteiger partial charge >= 0.3 is 0 Å². The van der Waals surface area contributed by atoms with Crippen molar-refractivity contribution in [2.24, 2.45) is 5.92 Å². The zero-order chi connectivity index (χ0) is 16.5. The molecule has 0 atom stereocenters. The van der Waals surface area contributed by atoms with Gasteiger partial charge in [0, 0.05) is 18.0 Å². The first-order chi connectivity index (χ1) is 11.7. The fourth-order valence-corrected chi connectivity index (χ4v) is 4.43. The topological polar surface area (TPSA) is 21.1 Å². The highest BCUT2D eigenvalue weighted by atomic mass is 32.1. The van der Waals surface area contributed by atoms with Gasteiger partial charge in [-0.1, -0.05) is 6.07 Å². The van der Waals surface area contributed by atoms with Crippen LogP contribution < -0.4 is 0 Å². The van der Waals surface area contributed by atoms with Crippen molar-refractivity contribution in [3.63, 3.8) is 0 Å². The van der Waals surface area contributed by atoms with Gasteiger partial charge < -0.3 is 4.57 Å². The molecule has 1 fully saturated rings. The Labute approximate surface area is 147 Å². The molecule has 1 aliphatic heterocycles. The Morgan fingerprint density at radius 1 is 1.17 bits per heavy atom. The van der Waals surface area contributed by atoms with Gasteiger partial charge in [-0.2, -0.15) is 0 Å². The van der Waals surface area contributed by atoms with Crippen molar-refractivity contribution in [3.05, 3.63) is 52.0 Å². The average molecular weight is 340 g/mol. The SMILES string of the molecule is Cc1cc2ncn(CC3CCN(Cc4cccs4)CC3)c2cc1C. The lowest BCUT2D eigenvalue weighted by Gasteiger charge is -2.31. The number of rotatable bonds is 4. The van der Waals surface area contributed by atoms with Crippen molar-refractivity contribution in [1.82, 2.24) is 14.5 Å². The Bertz CT molecular complexity index is 811. The van der Waals surface area contributed by atoms with Crippen LogP contribution in [0.15, 0.2) is 36.0 Å². The van der Waals surface area contributed by atoms with E-state index in [2.05, 4.69) is 57.9 Å². The van der Waals surface area contributed by atoms with E-state index in [4.69, 9.17) is 0 Å². The maximum atomic E-state index is 4.60. The molecule has 1 saturated heterocycles. The van der Waals surface area contributed by atoms with Crippen molar-refractivity contribution < 1.29 is 0 Å². The third-order valence-corrected chi connectivity index (χ3v) is 6.22. The molecule has 0 N–H and O–H groups in total. The van der Waals surface area contributed by atoms with Crippen LogP contribution >= 0.6 is 11.3 Å². The summed E-state index contributed by atoms with van der Waals surface area (Å²) in [6.45, 7) is 9.01. The van der Waals surface area contributed by atoms with Gasteiger partial charge in [-0.3, -0.25) is 4.90 Å². The molecule has 4 heteroatoms. The molecule has 0 aliphatic carbocycles. The minimum absolute atomic E-state index is 0.767. The standard InChI is InChI=1S/C20H25N3S/c1-15-10-19-20(11-16(15)2)23(14-21-19)12-17-5-7-22(8-6-17)13-18-4-3-9-24-18/h3-4,9-11,14,17H,5-8,12-13H2,1-2H3. The molecule has 2 aromatic heterocycles. The summed E-state index contributed by atoms with van der Waals surface area (Å²) >= 11 is 1.87. The molecule has 0 radical (unpaired) electrons. The first-order valence-corrected chi connectivity index (χ1v) is 9.74. The summed E-state index contributed by atoms with van der Waals surface area (Å²) in [7, 11) is 0. The molecule has 1 aliphatic rings. The molecular weight excluding hydrogens is 314 g/mol. The molecule has 3 nitrogen and oxygen atoms in total. The summed E-state index contributed by atoms with van der Waals surface area (Å²) < 4.78 is 2.36. The number of likely N-dealkylation sites (tertiary alicyclic amines) is 1. The van der Waals surface area contributed by atoms with Gasteiger partial charge in [0.2, 0.25) is 0 Å². The van der Waals surface area contributed by atoms with Crippen molar-refractivity contribution in [2.45, 2.75) is 39.8 Å². The van der Waals surface area contributed by atoms with Crippen LogP contribution in [0.5, 0.6) is 0 Å². The first-order valence-electron chi connectivity index (χ1n) is 8.86. The second-order valence-corrected chi connectivity index (χ2v) is 8.15. The quantitative estimate of drug-likeness (QED) is 0.691. The molecule has 126 valence electrons. The Kier molecular flexibility index (Phi) is 4.42. The van der Waals surface area contributed by atoms with Crippen LogP contribution in [-0.4, -0.2) is 27.5 Å². The van der Waals surface area contributed by atoms with Crippen LogP contribution in [0.1, 0.15) is 28.8 Å². The van der Waals surface area contributed by atoms with E-state index in [9.17, 15) is 0 Å². The fraction of sp³-hybridized carbons (Fsp3) is 0.450. The summed E-state index contributed by atoms with van der Waals surface area (Å²) in [5, 5.41) is 2.18. The zero-order valence-corrected chi connectivity index (χ0v) is 15.4. The molecule has 0 spiro atoms. The summed E-state index contributed by atoms with van der Waals surface area (Å²) in [5.41, 5.74) is 5.11. The fourth-order valence-electron chi connectivity index (χ4n) is 3.69. The number of aryl methyl sites for hydroxylation is 2. The average Bonchev–Trinajstić information content (AvgIpc) is 3.21. The van der Waals surface area contributed by atoms with Crippen LogP contribution in [0.2, 0.25) is 0 Å². The summed E-state index contributed by atoms with van der Waals surface area (Å²) in [6, 6.07) is 8.91. The highest BCUT2D eigenvalue weighted by Crippen LogP contribution is 2.24. The predicted octanol–water partition coefficient (Wildman–Crippen LogP) is 4.63. The zero-order valence-electron chi connectivity index (χ0n) is 14.5. The van der Waals surface area contributed by atoms with E-state index < -0.39 is 0 Å². The number of nitrogens with zero attached hydrogens (tertiary/aromatic N) is 3. The Morgan fingerprint density at radius 2 is 1.96 bits per heavy atom. The number of piperidine rings is 1. The number of thiophene rings is 1. The van der Waals surface area contributed by atoms with E-state index >= 15 is 0 Å². The van der Waals surface area contributed by atoms with Crippen molar-refractivity contribution in [2.75, 3.05) is 13.1 Å². The van der Waals surface area contributed by atoms with Crippen molar-refractivity contribution in [1.29, 1.82) is 0 Å².